The van der Waals surface area contributed by atoms with Crippen LogP contribution < -0.4 is 0 Å². The highest BCUT2D eigenvalue weighted by Gasteiger charge is 2.23. The summed E-state index contributed by atoms with van der Waals surface area (Å²) in [5.74, 6) is 0.576. The molecule has 0 aromatic heterocycles. The summed E-state index contributed by atoms with van der Waals surface area (Å²) < 4.78 is 5.42. The second-order valence-electron chi connectivity index (χ2n) is 5.05. The van der Waals surface area contributed by atoms with Crippen LogP contribution in [-0.2, 0) is 9.53 Å². The van der Waals surface area contributed by atoms with Crippen molar-refractivity contribution in [2.75, 3.05) is 20.7 Å². The second kappa shape index (κ2) is 6.89. The molecule has 0 N–H and O–H groups in total. The van der Waals surface area contributed by atoms with E-state index in [-0.39, 0.29) is 12.0 Å². The highest BCUT2D eigenvalue weighted by atomic mass is 16.5. The number of carbonyl (C=O) groups is 1. The topological polar surface area (TPSA) is 29.5 Å². The largest absolute Gasteiger partial charge is 0.464 e. The van der Waals surface area contributed by atoms with Crippen LogP contribution in [0.4, 0.5) is 0 Å². The standard InChI is InChI=1S/C13H25NO2/c1-4-7-12(14(2)3)13(15)16-10-11-8-5-6-9-11/h11-12H,4-10H2,1-3H3. The van der Waals surface area contributed by atoms with E-state index in [1.807, 2.05) is 19.0 Å². The van der Waals surface area contributed by atoms with Gasteiger partial charge in [0.2, 0.25) is 0 Å². The van der Waals surface area contributed by atoms with E-state index < -0.39 is 0 Å². The van der Waals surface area contributed by atoms with Crippen molar-refractivity contribution < 1.29 is 9.53 Å². The highest BCUT2D eigenvalue weighted by Crippen LogP contribution is 2.25. The molecule has 1 unspecified atom stereocenters. The minimum atomic E-state index is -0.0635. The summed E-state index contributed by atoms with van der Waals surface area (Å²) >= 11 is 0. The molecule has 16 heavy (non-hydrogen) atoms. The molecule has 3 nitrogen and oxygen atoms in total. The molecule has 1 rings (SSSR count). The van der Waals surface area contributed by atoms with Crippen molar-refractivity contribution in [2.24, 2.45) is 5.92 Å². The maximum atomic E-state index is 11.9. The van der Waals surface area contributed by atoms with Crippen LogP contribution in [0.25, 0.3) is 0 Å². The number of hydrogen-bond donors (Lipinski definition) is 0. The van der Waals surface area contributed by atoms with E-state index in [0.717, 1.165) is 12.8 Å². The second-order valence-corrected chi connectivity index (χ2v) is 5.05. The van der Waals surface area contributed by atoms with Gasteiger partial charge >= 0.3 is 5.97 Å². The molecule has 0 radical (unpaired) electrons. The van der Waals surface area contributed by atoms with Crippen LogP contribution in [0.3, 0.4) is 0 Å². The number of hydrogen-bond acceptors (Lipinski definition) is 3. The molecule has 0 amide bonds. The summed E-state index contributed by atoms with van der Waals surface area (Å²) in [6.07, 6.45) is 6.96. The van der Waals surface area contributed by atoms with Crippen LogP contribution in [0.2, 0.25) is 0 Å². The van der Waals surface area contributed by atoms with Crippen LogP contribution in [0.5, 0.6) is 0 Å². The summed E-state index contributed by atoms with van der Waals surface area (Å²) in [5, 5.41) is 0. The lowest BCUT2D eigenvalue weighted by atomic mass is 10.1. The van der Waals surface area contributed by atoms with Crippen molar-refractivity contribution in [3.05, 3.63) is 0 Å². The summed E-state index contributed by atoms with van der Waals surface area (Å²) in [4.78, 5) is 13.8. The number of esters is 1. The Kier molecular flexibility index (Phi) is 5.81. The zero-order chi connectivity index (χ0) is 12.0. The van der Waals surface area contributed by atoms with Crippen LogP contribution in [0.15, 0.2) is 0 Å². The Labute approximate surface area is 99.1 Å². The average Bonchev–Trinajstić information content (AvgIpc) is 2.75. The van der Waals surface area contributed by atoms with Crippen molar-refractivity contribution >= 4 is 5.97 Å². The van der Waals surface area contributed by atoms with E-state index in [9.17, 15) is 4.79 Å². The predicted octanol–water partition coefficient (Wildman–Crippen LogP) is 2.45. The molecule has 0 spiro atoms. The first kappa shape index (κ1) is 13.5. The van der Waals surface area contributed by atoms with Gasteiger partial charge in [-0.25, -0.2) is 0 Å². The van der Waals surface area contributed by atoms with Gasteiger partial charge in [0.05, 0.1) is 6.61 Å². The molecule has 0 aromatic carbocycles. The van der Waals surface area contributed by atoms with Gasteiger partial charge in [-0.15, -0.1) is 0 Å². The zero-order valence-electron chi connectivity index (χ0n) is 10.9. The summed E-state index contributed by atoms with van der Waals surface area (Å²) in [5.41, 5.74) is 0. The Balaban J connectivity index is 2.30. The van der Waals surface area contributed by atoms with Crippen molar-refractivity contribution in [1.82, 2.24) is 4.90 Å². The van der Waals surface area contributed by atoms with Gasteiger partial charge in [-0.05, 0) is 39.3 Å². The van der Waals surface area contributed by atoms with Gasteiger partial charge in [-0.3, -0.25) is 9.69 Å². The number of rotatable bonds is 6. The van der Waals surface area contributed by atoms with Crippen LogP contribution in [-0.4, -0.2) is 37.6 Å². The van der Waals surface area contributed by atoms with Gasteiger partial charge in [0.25, 0.3) is 0 Å². The molecule has 0 heterocycles. The Morgan fingerprint density at radius 3 is 2.50 bits per heavy atom. The van der Waals surface area contributed by atoms with E-state index in [2.05, 4.69) is 6.92 Å². The fourth-order valence-corrected chi connectivity index (χ4v) is 2.33. The third kappa shape index (κ3) is 4.12. The van der Waals surface area contributed by atoms with Crippen LogP contribution >= 0.6 is 0 Å². The lowest BCUT2D eigenvalue weighted by Gasteiger charge is -2.22. The van der Waals surface area contributed by atoms with E-state index in [4.69, 9.17) is 4.74 Å². The quantitative estimate of drug-likeness (QED) is 0.653. The van der Waals surface area contributed by atoms with Crippen LogP contribution in [0.1, 0.15) is 45.4 Å². The Bertz CT molecular complexity index is 210. The number of carbonyl (C=O) groups excluding carboxylic acids is 1. The molecule has 0 aliphatic heterocycles. The molecule has 1 atom stereocenters. The normalized spacial score (nSPS) is 19.0. The smallest absolute Gasteiger partial charge is 0.323 e. The lowest BCUT2D eigenvalue weighted by Crippen LogP contribution is -2.37. The number of likely N-dealkylation sites (N-methyl/N-ethyl adjacent to an activating group) is 1. The molecule has 0 bridgehead atoms. The van der Waals surface area contributed by atoms with E-state index >= 15 is 0 Å². The summed E-state index contributed by atoms with van der Waals surface area (Å²) in [6, 6.07) is -0.0635. The molecule has 3 heteroatoms. The first-order chi connectivity index (χ1) is 7.65. The van der Waals surface area contributed by atoms with Crippen molar-refractivity contribution in [1.29, 1.82) is 0 Å². The Hall–Kier alpha value is -0.570. The van der Waals surface area contributed by atoms with Crippen molar-refractivity contribution in [2.45, 2.75) is 51.5 Å². The fourth-order valence-electron chi connectivity index (χ4n) is 2.33. The monoisotopic (exact) mass is 227 g/mol. The zero-order valence-corrected chi connectivity index (χ0v) is 10.9. The van der Waals surface area contributed by atoms with Gasteiger partial charge in [0.1, 0.15) is 6.04 Å². The SMILES string of the molecule is CCCC(C(=O)OCC1CCCC1)N(C)C. The van der Waals surface area contributed by atoms with E-state index in [1.165, 1.54) is 25.7 Å². The van der Waals surface area contributed by atoms with Gasteiger partial charge in [0, 0.05) is 0 Å². The molecular formula is C13H25NO2. The van der Waals surface area contributed by atoms with Gasteiger partial charge in [-0.2, -0.15) is 0 Å². The summed E-state index contributed by atoms with van der Waals surface area (Å²) in [6.45, 7) is 2.73. The fraction of sp³-hybridized carbons (Fsp3) is 0.923. The van der Waals surface area contributed by atoms with E-state index in [0.29, 0.717) is 12.5 Å². The number of ether oxygens (including phenoxy) is 1. The Morgan fingerprint density at radius 1 is 1.38 bits per heavy atom. The molecule has 0 aromatic rings. The molecule has 94 valence electrons. The van der Waals surface area contributed by atoms with E-state index in [1.54, 1.807) is 0 Å². The minimum absolute atomic E-state index is 0.0428. The highest BCUT2D eigenvalue weighted by molar-refractivity contribution is 5.75. The Morgan fingerprint density at radius 2 is 2.00 bits per heavy atom. The molecule has 1 saturated carbocycles. The average molecular weight is 227 g/mol. The first-order valence-electron chi connectivity index (χ1n) is 6.48. The number of nitrogens with zero attached hydrogens (tertiary/aromatic N) is 1. The third-order valence-electron chi connectivity index (χ3n) is 3.39. The van der Waals surface area contributed by atoms with Crippen molar-refractivity contribution in [3.63, 3.8) is 0 Å². The molecular weight excluding hydrogens is 202 g/mol. The molecule has 1 aliphatic carbocycles. The third-order valence-corrected chi connectivity index (χ3v) is 3.39. The summed E-state index contributed by atoms with van der Waals surface area (Å²) in [7, 11) is 3.88. The maximum Gasteiger partial charge on any atom is 0.323 e. The van der Waals surface area contributed by atoms with Gasteiger partial charge in [0.15, 0.2) is 0 Å². The van der Waals surface area contributed by atoms with Gasteiger partial charge in [-0.1, -0.05) is 26.2 Å². The first-order valence-corrected chi connectivity index (χ1v) is 6.48. The van der Waals surface area contributed by atoms with Crippen LogP contribution in [0, 0.1) is 5.92 Å². The predicted molar refractivity (Wildman–Crippen MR) is 65.3 cm³/mol. The van der Waals surface area contributed by atoms with Crippen molar-refractivity contribution in [3.8, 4) is 0 Å². The molecule has 0 saturated heterocycles. The molecule has 1 aliphatic rings. The maximum absolute atomic E-state index is 11.9. The van der Waals surface area contributed by atoms with Gasteiger partial charge < -0.3 is 4.74 Å². The molecule has 1 fully saturated rings. The lowest BCUT2D eigenvalue weighted by molar-refractivity contribution is -0.150. The minimum Gasteiger partial charge on any atom is -0.464 e.